The zero-order valence-electron chi connectivity index (χ0n) is 8.59. The van der Waals surface area contributed by atoms with E-state index in [0.717, 1.165) is 5.56 Å². The van der Waals surface area contributed by atoms with Crippen LogP contribution >= 0.6 is 0 Å². The van der Waals surface area contributed by atoms with E-state index in [9.17, 15) is 5.11 Å². The summed E-state index contributed by atoms with van der Waals surface area (Å²) in [5.74, 6) is 0.216. The SMILES string of the molecule is CC(CC(O)C(C)O)c1cccnc1. The van der Waals surface area contributed by atoms with Crippen molar-refractivity contribution in [1.82, 2.24) is 4.98 Å². The standard InChI is InChI=1S/C11H17NO2/c1-8(6-11(14)9(2)13)10-4-3-5-12-7-10/h3-5,7-9,11,13-14H,6H2,1-2H3. The molecule has 0 aliphatic heterocycles. The van der Waals surface area contributed by atoms with Crippen LogP contribution in [0.1, 0.15) is 31.7 Å². The average molecular weight is 195 g/mol. The quantitative estimate of drug-likeness (QED) is 0.761. The maximum absolute atomic E-state index is 9.49. The first-order valence-electron chi connectivity index (χ1n) is 4.87. The topological polar surface area (TPSA) is 53.4 Å². The fourth-order valence-corrected chi connectivity index (χ4v) is 1.36. The van der Waals surface area contributed by atoms with Crippen LogP contribution in [-0.4, -0.2) is 27.4 Å². The molecule has 3 heteroatoms. The molecule has 0 spiro atoms. The summed E-state index contributed by atoms with van der Waals surface area (Å²) in [6.45, 7) is 3.61. The van der Waals surface area contributed by atoms with Crippen LogP contribution in [0, 0.1) is 0 Å². The van der Waals surface area contributed by atoms with Crippen LogP contribution in [0.3, 0.4) is 0 Å². The predicted octanol–water partition coefficient (Wildman–Crippen LogP) is 1.32. The van der Waals surface area contributed by atoms with E-state index in [1.54, 1.807) is 19.3 Å². The molecule has 0 radical (unpaired) electrons. The van der Waals surface area contributed by atoms with Gasteiger partial charge in [-0.1, -0.05) is 13.0 Å². The Hall–Kier alpha value is -0.930. The van der Waals surface area contributed by atoms with E-state index in [4.69, 9.17) is 5.11 Å². The first-order valence-corrected chi connectivity index (χ1v) is 4.87. The number of pyridine rings is 1. The molecule has 0 aliphatic rings. The van der Waals surface area contributed by atoms with Gasteiger partial charge in [0.2, 0.25) is 0 Å². The van der Waals surface area contributed by atoms with E-state index in [2.05, 4.69) is 4.98 Å². The zero-order chi connectivity index (χ0) is 10.6. The van der Waals surface area contributed by atoms with Crippen molar-refractivity contribution in [1.29, 1.82) is 0 Å². The highest BCUT2D eigenvalue weighted by Gasteiger charge is 2.16. The van der Waals surface area contributed by atoms with Crippen LogP contribution < -0.4 is 0 Å². The minimum atomic E-state index is -0.672. The van der Waals surface area contributed by atoms with E-state index >= 15 is 0 Å². The molecule has 1 rings (SSSR count). The molecular formula is C11H17NO2. The highest BCUT2D eigenvalue weighted by atomic mass is 16.3. The van der Waals surface area contributed by atoms with Crippen LogP contribution in [0.4, 0.5) is 0 Å². The van der Waals surface area contributed by atoms with Crippen molar-refractivity contribution in [2.75, 3.05) is 0 Å². The van der Waals surface area contributed by atoms with Crippen LogP contribution in [0.25, 0.3) is 0 Å². The van der Waals surface area contributed by atoms with E-state index in [1.807, 2.05) is 19.1 Å². The fraction of sp³-hybridized carbons (Fsp3) is 0.545. The molecule has 2 N–H and O–H groups in total. The lowest BCUT2D eigenvalue weighted by atomic mass is 9.95. The molecule has 0 saturated heterocycles. The molecule has 78 valence electrons. The van der Waals surface area contributed by atoms with Gasteiger partial charge in [0.05, 0.1) is 12.2 Å². The summed E-state index contributed by atoms with van der Waals surface area (Å²) in [7, 11) is 0. The Balaban J connectivity index is 2.55. The predicted molar refractivity (Wildman–Crippen MR) is 55.0 cm³/mol. The summed E-state index contributed by atoms with van der Waals surface area (Å²) in [4.78, 5) is 4.01. The Labute approximate surface area is 84.4 Å². The molecule has 14 heavy (non-hydrogen) atoms. The molecule has 1 aromatic heterocycles. The third-order valence-electron chi connectivity index (χ3n) is 2.41. The first-order chi connectivity index (χ1) is 6.61. The molecule has 0 fully saturated rings. The Morgan fingerprint density at radius 1 is 1.36 bits per heavy atom. The van der Waals surface area contributed by atoms with Gasteiger partial charge in [0.25, 0.3) is 0 Å². The van der Waals surface area contributed by atoms with Gasteiger partial charge < -0.3 is 10.2 Å². The first kappa shape index (κ1) is 11.1. The summed E-state index contributed by atoms with van der Waals surface area (Å²) in [5, 5.41) is 18.6. The van der Waals surface area contributed by atoms with Crippen LogP contribution in [0.2, 0.25) is 0 Å². The van der Waals surface area contributed by atoms with Gasteiger partial charge in [0.1, 0.15) is 0 Å². The number of hydrogen-bond acceptors (Lipinski definition) is 3. The van der Waals surface area contributed by atoms with Crippen molar-refractivity contribution >= 4 is 0 Å². The van der Waals surface area contributed by atoms with Gasteiger partial charge in [-0.15, -0.1) is 0 Å². The molecule has 3 unspecified atom stereocenters. The van der Waals surface area contributed by atoms with E-state index < -0.39 is 12.2 Å². The van der Waals surface area contributed by atoms with Crippen molar-refractivity contribution < 1.29 is 10.2 Å². The summed E-state index contributed by atoms with van der Waals surface area (Å²) in [6, 6.07) is 3.85. The summed E-state index contributed by atoms with van der Waals surface area (Å²) < 4.78 is 0. The number of hydrogen-bond donors (Lipinski definition) is 2. The highest BCUT2D eigenvalue weighted by molar-refractivity contribution is 5.13. The molecule has 0 bridgehead atoms. The Kier molecular flexibility index (Phi) is 4.04. The maximum atomic E-state index is 9.49. The van der Waals surface area contributed by atoms with Gasteiger partial charge in [0, 0.05) is 12.4 Å². The van der Waals surface area contributed by atoms with Gasteiger partial charge in [-0.3, -0.25) is 4.98 Å². The molecule has 0 saturated carbocycles. The third kappa shape index (κ3) is 3.09. The normalized spacial score (nSPS) is 17.4. The van der Waals surface area contributed by atoms with Crippen LogP contribution in [0.15, 0.2) is 24.5 Å². The lowest BCUT2D eigenvalue weighted by Crippen LogP contribution is -2.24. The van der Waals surface area contributed by atoms with Crippen molar-refractivity contribution in [2.24, 2.45) is 0 Å². The largest absolute Gasteiger partial charge is 0.391 e. The number of aliphatic hydroxyl groups excluding tert-OH is 2. The number of rotatable bonds is 4. The maximum Gasteiger partial charge on any atom is 0.0802 e. The second-order valence-electron chi connectivity index (χ2n) is 3.73. The lowest BCUT2D eigenvalue weighted by molar-refractivity contribution is 0.0227. The minimum Gasteiger partial charge on any atom is -0.391 e. The minimum absolute atomic E-state index is 0.216. The molecule has 3 nitrogen and oxygen atoms in total. The Bertz CT molecular complexity index is 261. The van der Waals surface area contributed by atoms with Gasteiger partial charge in [-0.25, -0.2) is 0 Å². The molecular weight excluding hydrogens is 178 g/mol. The van der Waals surface area contributed by atoms with Crippen molar-refractivity contribution in [3.63, 3.8) is 0 Å². The van der Waals surface area contributed by atoms with E-state index in [-0.39, 0.29) is 5.92 Å². The summed E-state index contributed by atoms with van der Waals surface area (Å²) >= 11 is 0. The fourth-order valence-electron chi connectivity index (χ4n) is 1.36. The summed E-state index contributed by atoms with van der Waals surface area (Å²) in [5.41, 5.74) is 1.09. The van der Waals surface area contributed by atoms with E-state index in [0.29, 0.717) is 6.42 Å². The number of nitrogens with zero attached hydrogens (tertiary/aromatic N) is 1. The third-order valence-corrected chi connectivity index (χ3v) is 2.41. The molecule has 3 atom stereocenters. The van der Waals surface area contributed by atoms with Gasteiger partial charge in [-0.05, 0) is 30.9 Å². The Morgan fingerprint density at radius 2 is 2.07 bits per heavy atom. The van der Waals surface area contributed by atoms with E-state index in [1.165, 1.54) is 0 Å². The monoisotopic (exact) mass is 195 g/mol. The molecule has 0 amide bonds. The van der Waals surface area contributed by atoms with Crippen LogP contribution in [0.5, 0.6) is 0 Å². The average Bonchev–Trinajstić information content (AvgIpc) is 2.19. The second kappa shape index (κ2) is 5.08. The molecule has 1 heterocycles. The van der Waals surface area contributed by atoms with Crippen molar-refractivity contribution in [2.45, 2.75) is 38.4 Å². The number of aliphatic hydroxyl groups is 2. The molecule has 0 aromatic carbocycles. The molecule has 1 aromatic rings. The van der Waals surface area contributed by atoms with Crippen molar-refractivity contribution in [3.8, 4) is 0 Å². The van der Waals surface area contributed by atoms with Crippen LogP contribution in [-0.2, 0) is 0 Å². The van der Waals surface area contributed by atoms with Crippen molar-refractivity contribution in [3.05, 3.63) is 30.1 Å². The highest BCUT2D eigenvalue weighted by Crippen LogP contribution is 2.20. The molecule has 0 aliphatic carbocycles. The number of aromatic nitrogens is 1. The smallest absolute Gasteiger partial charge is 0.0802 e. The van der Waals surface area contributed by atoms with Gasteiger partial charge in [-0.2, -0.15) is 0 Å². The summed E-state index contributed by atoms with van der Waals surface area (Å²) in [6.07, 6.45) is 2.74. The van der Waals surface area contributed by atoms with Gasteiger partial charge >= 0.3 is 0 Å². The lowest BCUT2D eigenvalue weighted by Gasteiger charge is -2.18. The Morgan fingerprint density at radius 3 is 2.57 bits per heavy atom. The zero-order valence-corrected chi connectivity index (χ0v) is 8.59. The second-order valence-corrected chi connectivity index (χ2v) is 3.73. The van der Waals surface area contributed by atoms with Gasteiger partial charge in [0.15, 0.2) is 0 Å².